The molecule has 0 saturated heterocycles. The highest BCUT2D eigenvalue weighted by Gasteiger charge is 2.11. The molecule has 0 aliphatic carbocycles. The standard InChI is InChI=1S/C19H22N2O3/c1-12-10-16(19-20-15(4)24-21-19)11-13(2)18(12)22-9-5-6-17-8-7-14(3)23-17/h7-8,10-11H,5-6,9H2,1-4H3. The van der Waals surface area contributed by atoms with Crippen molar-refractivity contribution < 1.29 is 13.7 Å². The van der Waals surface area contributed by atoms with Crippen molar-refractivity contribution in [2.24, 2.45) is 0 Å². The van der Waals surface area contributed by atoms with E-state index in [0.29, 0.717) is 18.3 Å². The molecule has 0 unspecified atom stereocenters. The average molecular weight is 326 g/mol. The molecule has 3 aromatic rings. The van der Waals surface area contributed by atoms with Crippen LogP contribution in [0.4, 0.5) is 0 Å². The van der Waals surface area contributed by atoms with Gasteiger partial charge in [-0.3, -0.25) is 0 Å². The summed E-state index contributed by atoms with van der Waals surface area (Å²) < 4.78 is 16.6. The maximum Gasteiger partial charge on any atom is 0.223 e. The first-order valence-corrected chi connectivity index (χ1v) is 8.13. The summed E-state index contributed by atoms with van der Waals surface area (Å²) in [6.45, 7) is 8.47. The van der Waals surface area contributed by atoms with Crippen LogP contribution in [-0.2, 0) is 6.42 Å². The van der Waals surface area contributed by atoms with Crippen LogP contribution in [0.15, 0.2) is 33.2 Å². The molecule has 0 aliphatic heterocycles. The molecule has 5 nitrogen and oxygen atoms in total. The van der Waals surface area contributed by atoms with Gasteiger partial charge in [-0.05, 0) is 62.6 Å². The van der Waals surface area contributed by atoms with E-state index in [4.69, 9.17) is 13.7 Å². The molecule has 0 spiro atoms. The molecule has 0 atom stereocenters. The molecule has 0 N–H and O–H groups in total. The van der Waals surface area contributed by atoms with Gasteiger partial charge in [-0.25, -0.2) is 0 Å². The molecule has 2 heterocycles. The summed E-state index contributed by atoms with van der Waals surface area (Å²) in [4.78, 5) is 4.27. The molecule has 0 aliphatic rings. The van der Waals surface area contributed by atoms with Crippen molar-refractivity contribution in [1.29, 1.82) is 0 Å². The molecule has 0 bridgehead atoms. The molecule has 5 heteroatoms. The van der Waals surface area contributed by atoms with Gasteiger partial charge in [-0.15, -0.1) is 0 Å². The quantitative estimate of drug-likeness (QED) is 0.621. The van der Waals surface area contributed by atoms with Gasteiger partial charge in [0.2, 0.25) is 11.7 Å². The molecule has 0 saturated carbocycles. The summed E-state index contributed by atoms with van der Waals surface area (Å²) in [5.74, 6) is 4.05. The smallest absolute Gasteiger partial charge is 0.223 e. The van der Waals surface area contributed by atoms with E-state index >= 15 is 0 Å². The molecule has 24 heavy (non-hydrogen) atoms. The van der Waals surface area contributed by atoms with Crippen LogP contribution in [0, 0.1) is 27.7 Å². The largest absolute Gasteiger partial charge is 0.493 e. The number of nitrogens with zero attached hydrogens (tertiary/aromatic N) is 2. The Morgan fingerprint density at radius 3 is 2.38 bits per heavy atom. The second kappa shape index (κ2) is 6.91. The molecular formula is C19H22N2O3. The van der Waals surface area contributed by atoms with Crippen LogP contribution in [0.3, 0.4) is 0 Å². The van der Waals surface area contributed by atoms with Crippen LogP contribution in [-0.4, -0.2) is 16.7 Å². The van der Waals surface area contributed by atoms with E-state index in [9.17, 15) is 0 Å². The van der Waals surface area contributed by atoms with Crippen LogP contribution < -0.4 is 4.74 Å². The lowest BCUT2D eigenvalue weighted by atomic mass is 10.1. The number of hydrogen-bond acceptors (Lipinski definition) is 5. The Kier molecular flexibility index (Phi) is 4.69. The fraction of sp³-hybridized carbons (Fsp3) is 0.368. The predicted octanol–water partition coefficient (Wildman–Crippen LogP) is 4.57. The highest BCUT2D eigenvalue weighted by molar-refractivity contribution is 5.60. The number of furan rings is 1. The van der Waals surface area contributed by atoms with Gasteiger partial charge in [0, 0.05) is 18.9 Å². The van der Waals surface area contributed by atoms with Gasteiger partial charge in [-0.1, -0.05) is 5.16 Å². The van der Waals surface area contributed by atoms with Crippen LogP contribution in [0.5, 0.6) is 5.75 Å². The van der Waals surface area contributed by atoms with Crippen molar-refractivity contribution in [3.8, 4) is 17.1 Å². The average Bonchev–Trinajstić information content (AvgIpc) is 3.14. The summed E-state index contributed by atoms with van der Waals surface area (Å²) in [5, 5.41) is 3.97. The SMILES string of the molecule is Cc1ccc(CCCOc2c(C)cc(-c3noc(C)n3)cc2C)o1. The maximum absolute atomic E-state index is 5.99. The highest BCUT2D eigenvalue weighted by atomic mass is 16.5. The van der Waals surface area contributed by atoms with Crippen molar-refractivity contribution in [1.82, 2.24) is 10.1 Å². The van der Waals surface area contributed by atoms with Gasteiger partial charge >= 0.3 is 0 Å². The van der Waals surface area contributed by atoms with Gasteiger partial charge < -0.3 is 13.7 Å². The van der Waals surface area contributed by atoms with E-state index in [1.54, 1.807) is 6.92 Å². The van der Waals surface area contributed by atoms with Crippen molar-refractivity contribution >= 4 is 0 Å². The van der Waals surface area contributed by atoms with Crippen LogP contribution >= 0.6 is 0 Å². The minimum absolute atomic E-state index is 0.564. The maximum atomic E-state index is 5.99. The summed E-state index contributed by atoms with van der Waals surface area (Å²) in [7, 11) is 0. The monoisotopic (exact) mass is 326 g/mol. The van der Waals surface area contributed by atoms with Crippen molar-refractivity contribution in [2.45, 2.75) is 40.5 Å². The third-order valence-corrected chi connectivity index (χ3v) is 3.86. The lowest BCUT2D eigenvalue weighted by Crippen LogP contribution is -2.02. The summed E-state index contributed by atoms with van der Waals surface area (Å²) in [5.41, 5.74) is 3.09. The van der Waals surface area contributed by atoms with Gasteiger partial charge in [0.15, 0.2) is 0 Å². The molecule has 1 aromatic carbocycles. The summed E-state index contributed by atoms with van der Waals surface area (Å²) >= 11 is 0. The number of benzene rings is 1. The molecular weight excluding hydrogens is 304 g/mol. The van der Waals surface area contributed by atoms with E-state index in [1.165, 1.54) is 0 Å². The second-order valence-electron chi connectivity index (χ2n) is 6.04. The Labute approximate surface area is 141 Å². The van der Waals surface area contributed by atoms with E-state index in [1.807, 2.05) is 45.0 Å². The summed E-state index contributed by atoms with van der Waals surface area (Å²) in [6, 6.07) is 8.07. The first kappa shape index (κ1) is 16.3. The Balaban J connectivity index is 1.63. The number of hydrogen-bond donors (Lipinski definition) is 0. The normalized spacial score (nSPS) is 11.0. The van der Waals surface area contributed by atoms with Gasteiger partial charge in [0.25, 0.3) is 0 Å². The van der Waals surface area contributed by atoms with Gasteiger partial charge in [-0.2, -0.15) is 4.98 Å². The third kappa shape index (κ3) is 3.67. The Hall–Kier alpha value is -2.56. The predicted molar refractivity (Wildman–Crippen MR) is 91.2 cm³/mol. The molecule has 3 rings (SSSR count). The number of aryl methyl sites for hydroxylation is 5. The Bertz CT molecular complexity index is 810. The molecule has 0 fully saturated rings. The van der Waals surface area contributed by atoms with Crippen molar-refractivity contribution in [2.75, 3.05) is 6.61 Å². The second-order valence-corrected chi connectivity index (χ2v) is 6.04. The zero-order valence-electron chi connectivity index (χ0n) is 14.5. The Morgan fingerprint density at radius 1 is 1.04 bits per heavy atom. The van der Waals surface area contributed by atoms with Gasteiger partial charge in [0.1, 0.15) is 17.3 Å². The first-order valence-electron chi connectivity index (χ1n) is 8.13. The van der Waals surface area contributed by atoms with Crippen LogP contribution in [0.2, 0.25) is 0 Å². The molecule has 0 radical (unpaired) electrons. The number of rotatable bonds is 6. The van der Waals surface area contributed by atoms with Crippen LogP contribution in [0.1, 0.15) is 35.0 Å². The van der Waals surface area contributed by atoms with Crippen molar-refractivity contribution in [3.05, 3.63) is 52.8 Å². The number of aromatic nitrogens is 2. The zero-order chi connectivity index (χ0) is 17.1. The highest BCUT2D eigenvalue weighted by Crippen LogP contribution is 2.29. The Morgan fingerprint density at radius 2 is 1.79 bits per heavy atom. The lowest BCUT2D eigenvalue weighted by Gasteiger charge is -2.13. The van der Waals surface area contributed by atoms with E-state index < -0.39 is 0 Å². The zero-order valence-corrected chi connectivity index (χ0v) is 14.5. The minimum atomic E-state index is 0.564. The molecule has 126 valence electrons. The lowest BCUT2D eigenvalue weighted by molar-refractivity contribution is 0.302. The van der Waals surface area contributed by atoms with Crippen LogP contribution in [0.25, 0.3) is 11.4 Å². The van der Waals surface area contributed by atoms with E-state index in [0.717, 1.165) is 46.8 Å². The first-order chi connectivity index (χ1) is 11.5. The van der Waals surface area contributed by atoms with Gasteiger partial charge in [0.05, 0.1) is 6.61 Å². The molecule has 2 aromatic heterocycles. The third-order valence-electron chi connectivity index (χ3n) is 3.86. The fourth-order valence-electron chi connectivity index (χ4n) is 2.76. The number of ether oxygens (including phenoxy) is 1. The molecule has 0 amide bonds. The van der Waals surface area contributed by atoms with E-state index in [-0.39, 0.29) is 0 Å². The van der Waals surface area contributed by atoms with E-state index in [2.05, 4.69) is 10.1 Å². The topological polar surface area (TPSA) is 61.3 Å². The van der Waals surface area contributed by atoms with Crippen molar-refractivity contribution in [3.63, 3.8) is 0 Å². The summed E-state index contributed by atoms with van der Waals surface area (Å²) in [6.07, 6.45) is 1.80. The fourth-order valence-corrected chi connectivity index (χ4v) is 2.76. The minimum Gasteiger partial charge on any atom is -0.493 e.